The highest BCUT2D eigenvalue weighted by molar-refractivity contribution is 5.85. The zero-order chi connectivity index (χ0) is 17.2. The van der Waals surface area contributed by atoms with Gasteiger partial charge in [-0.1, -0.05) is 0 Å². The van der Waals surface area contributed by atoms with E-state index >= 15 is 0 Å². The lowest BCUT2D eigenvalue weighted by atomic mass is 10.0. The highest BCUT2D eigenvalue weighted by Gasteiger charge is 2.40. The second-order valence-corrected chi connectivity index (χ2v) is 7.61. The average Bonchev–Trinajstić information content (AvgIpc) is 2.62. The van der Waals surface area contributed by atoms with Crippen LogP contribution in [0.3, 0.4) is 0 Å². The number of hydrogen-bond donors (Lipinski definition) is 1. The summed E-state index contributed by atoms with van der Waals surface area (Å²) in [5, 5.41) is 0. The fourth-order valence-electron chi connectivity index (χ4n) is 4.13. The molecule has 3 aliphatic rings. The smallest absolute Gasteiger partial charge is 0.257 e. The summed E-state index contributed by atoms with van der Waals surface area (Å²) in [6, 6.07) is 0.682. The second kappa shape index (κ2) is 7.66. The number of carbonyl (C=O) groups excluding carboxylic acids is 1. The van der Waals surface area contributed by atoms with Crippen molar-refractivity contribution in [3.05, 3.63) is 0 Å². The highest BCUT2D eigenvalue weighted by atomic mass is 16.5. The monoisotopic (exact) mass is 339 g/mol. The fourth-order valence-corrected chi connectivity index (χ4v) is 4.13. The number of nitrogens with two attached hydrogens (primary N) is 1. The van der Waals surface area contributed by atoms with Crippen LogP contribution in [0.15, 0.2) is 0 Å². The summed E-state index contributed by atoms with van der Waals surface area (Å²) in [5.41, 5.74) is 5.50. The summed E-state index contributed by atoms with van der Waals surface area (Å²) in [5.74, 6) is 0.0624. The number of piperidine rings is 1. The van der Waals surface area contributed by atoms with Crippen LogP contribution in [0, 0.1) is 0 Å². The van der Waals surface area contributed by atoms with Crippen LogP contribution in [-0.2, 0) is 9.53 Å². The van der Waals surface area contributed by atoms with E-state index in [0.29, 0.717) is 19.3 Å². The standard InChI is InChI=1S/C17H33N5O2/c1-17(18,22-11-13-24-14-12-22)16(23)21-9-7-20(8-10-21)15-3-5-19(2)6-4-15/h15H,3-14,18H2,1-2H3/t17-/m0/s1. The number of piperazine rings is 1. The molecule has 138 valence electrons. The van der Waals surface area contributed by atoms with Gasteiger partial charge in [-0.15, -0.1) is 0 Å². The molecule has 7 heteroatoms. The number of amides is 1. The number of ether oxygens (including phenoxy) is 1. The summed E-state index contributed by atoms with van der Waals surface area (Å²) in [6.07, 6.45) is 2.49. The first-order valence-electron chi connectivity index (χ1n) is 9.32. The van der Waals surface area contributed by atoms with Crippen LogP contribution in [-0.4, -0.2) is 110 Å². The third-order valence-corrected chi connectivity index (χ3v) is 5.91. The molecule has 0 saturated carbocycles. The molecule has 3 rings (SSSR count). The first kappa shape index (κ1) is 18.1. The molecule has 0 spiro atoms. The van der Waals surface area contributed by atoms with Crippen LogP contribution >= 0.6 is 0 Å². The Morgan fingerprint density at radius 1 is 1.00 bits per heavy atom. The molecule has 3 heterocycles. The molecule has 24 heavy (non-hydrogen) atoms. The molecule has 0 aliphatic carbocycles. The largest absolute Gasteiger partial charge is 0.379 e. The van der Waals surface area contributed by atoms with Crippen molar-refractivity contribution in [2.75, 3.05) is 72.6 Å². The Hall–Kier alpha value is -0.730. The molecule has 7 nitrogen and oxygen atoms in total. The van der Waals surface area contributed by atoms with Gasteiger partial charge in [0.1, 0.15) is 5.66 Å². The first-order valence-corrected chi connectivity index (χ1v) is 9.32. The maximum Gasteiger partial charge on any atom is 0.257 e. The Labute approximate surface area is 145 Å². The zero-order valence-corrected chi connectivity index (χ0v) is 15.2. The summed E-state index contributed by atoms with van der Waals surface area (Å²) in [7, 11) is 2.19. The number of nitrogens with zero attached hydrogens (tertiary/aromatic N) is 4. The summed E-state index contributed by atoms with van der Waals surface area (Å²) in [6.45, 7) is 10.5. The third-order valence-electron chi connectivity index (χ3n) is 5.91. The number of carbonyl (C=O) groups is 1. The molecule has 3 fully saturated rings. The molecule has 0 unspecified atom stereocenters. The van der Waals surface area contributed by atoms with Gasteiger partial charge in [0, 0.05) is 45.3 Å². The van der Waals surface area contributed by atoms with E-state index in [2.05, 4.69) is 21.7 Å². The van der Waals surface area contributed by atoms with Gasteiger partial charge in [0.25, 0.3) is 5.91 Å². The van der Waals surface area contributed by atoms with E-state index in [1.165, 1.54) is 25.9 Å². The molecule has 1 amide bonds. The van der Waals surface area contributed by atoms with Gasteiger partial charge in [-0.2, -0.15) is 0 Å². The van der Waals surface area contributed by atoms with E-state index in [9.17, 15) is 4.79 Å². The quantitative estimate of drug-likeness (QED) is 0.729. The van der Waals surface area contributed by atoms with Gasteiger partial charge < -0.3 is 20.3 Å². The third kappa shape index (κ3) is 3.91. The highest BCUT2D eigenvalue weighted by Crippen LogP contribution is 2.20. The number of likely N-dealkylation sites (tertiary alicyclic amines) is 1. The van der Waals surface area contributed by atoms with Gasteiger partial charge in [0.15, 0.2) is 0 Å². The minimum atomic E-state index is -0.917. The molecule has 3 saturated heterocycles. The molecular formula is C17H33N5O2. The van der Waals surface area contributed by atoms with E-state index in [0.717, 1.165) is 39.3 Å². The fraction of sp³-hybridized carbons (Fsp3) is 0.941. The lowest BCUT2D eigenvalue weighted by Crippen LogP contribution is -2.67. The van der Waals surface area contributed by atoms with Crippen LogP contribution in [0.2, 0.25) is 0 Å². The normalized spacial score (nSPS) is 28.7. The lowest BCUT2D eigenvalue weighted by molar-refractivity contribution is -0.148. The van der Waals surface area contributed by atoms with Gasteiger partial charge in [-0.25, -0.2) is 0 Å². The molecule has 0 aromatic heterocycles. The van der Waals surface area contributed by atoms with E-state index < -0.39 is 5.66 Å². The van der Waals surface area contributed by atoms with Crippen LogP contribution in [0.5, 0.6) is 0 Å². The van der Waals surface area contributed by atoms with Gasteiger partial charge in [-0.3, -0.25) is 14.6 Å². The molecule has 0 aromatic rings. The van der Waals surface area contributed by atoms with Crippen LogP contribution in [0.1, 0.15) is 19.8 Å². The molecule has 0 radical (unpaired) electrons. The Bertz CT molecular complexity index is 423. The lowest BCUT2D eigenvalue weighted by Gasteiger charge is -2.46. The van der Waals surface area contributed by atoms with Crippen LogP contribution in [0.25, 0.3) is 0 Å². The van der Waals surface area contributed by atoms with Crippen molar-refractivity contribution in [1.29, 1.82) is 0 Å². The Balaban J connectivity index is 1.51. The molecule has 1 atom stereocenters. The van der Waals surface area contributed by atoms with Crippen LogP contribution < -0.4 is 5.73 Å². The van der Waals surface area contributed by atoms with Crippen molar-refractivity contribution < 1.29 is 9.53 Å². The second-order valence-electron chi connectivity index (χ2n) is 7.61. The topological polar surface area (TPSA) is 65.3 Å². The molecular weight excluding hydrogens is 306 g/mol. The van der Waals surface area contributed by atoms with Gasteiger partial charge in [0.05, 0.1) is 13.2 Å². The van der Waals surface area contributed by atoms with Crippen molar-refractivity contribution in [3.8, 4) is 0 Å². The summed E-state index contributed by atoms with van der Waals surface area (Å²) < 4.78 is 5.38. The van der Waals surface area contributed by atoms with Gasteiger partial charge in [0.2, 0.25) is 0 Å². The minimum absolute atomic E-state index is 0.0624. The van der Waals surface area contributed by atoms with Gasteiger partial charge in [-0.05, 0) is 39.9 Å². The summed E-state index contributed by atoms with van der Waals surface area (Å²) >= 11 is 0. The maximum atomic E-state index is 12.9. The summed E-state index contributed by atoms with van der Waals surface area (Å²) in [4.78, 5) is 21.9. The molecule has 0 aromatic carbocycles. The van der Waals surface area contributed by atoms with Crippen LogP contribution in [0.4, 0.5) is 0 Å². The molecule has 2 N–H and O–H groups in total. The molecule has 0 bridgehead atoms. The molecule has 3 aliphatic heterocycles. The minimum Gasteiger partial charge on any atom is -0.379 e. The van der Waals surface area contributed by atoms with Gasteiger partial charge >= 0.3 is 0 Å². The first-order chi connectivity index (χ1) is 11.5. The van der Waals surface area contributed by atoms with E-state index in [4.69, 9.17) is 10.5 Å². The number of rotatable bonds is 3. The van der Waals surface area contributed by atoms with E-state index in [-0.39, 0.29) is 5.91 Å². The Morgan fingerprint density at radius 2 is 1.58 bits per heavy atom. The Kier molecular flexibility index (Phi) is 5.77. The predicted molar refractivity (Wildman–Crippen MR) is 93.7 cm³/mol. The van der Waals surface area contributed by atoms with E-state index in [1.807, 2.05) is 11.8 Å². The van der Waals surface area contributed by atoms with Crippen molar-refractivity contribution in [2.45, 2.75) is 31.5 Å². The average molecular weight is 339 g/mol. The van der Waals surface area contributed by atoms with Crippen molar-refractivity contribution >= 4 is 5.91 Å². The number of morpholine rings is 1. The SMILES string of the molecule is CN1CCC(N2CCN(C(=O)[C@@](C)(N)N3CCOCC3)CC2)CC1. The van der Waals surface area contributed by atoms with E-state index in [1.54, 1.807) is 0 Å². The zero-order valence-electron chi connectivity index (χ0n) is 15.2. The van der Waals surface area contributed by atoms with Crippen molar-refractivity contribution in [1.82, 2.24) is 19.6 Å². The van der Waals surface area contributed by atoms with Crippen molar-refractivity contribution in [2.24, 2.45) is 5.73 Å². The Morgan fingerprint density at radius 3 is 2.17 bits per heavy atom. The van der Waals surface area contributed by atoms with Crippen molar-refractivity contribution in [3.63, 3.8) is 0 Å². The predicted octanol–water partition coefficient (Wildman–Crippen LogP) is -0.768. The maximum absolute atomic E-state index is 12.9. The number of hydrogen-bond acceptors (Lipinski definition) is 6.